The first kappa shape index (κ1) is 36.6. The third-order valence-electron chi connectivity index (χ3n) is 6.83. The van der Waals surface area contributed by atoms with E-state index in [4.69, 9.17) is 53.7 Å². The van der Waals surface area contributed by atoms with E-state index in [0.717, 1.165) is 30.4 Å². The summed E-state index contributed by atoms with van der Waals surface area (Å²) >= 11 is 12.6. The molecule has 1 fully saturated rings. The van der Waals surface area contributed by atoms with Crippen molar-refractivity contribution in [3.8, 4) is 11.3 Å². The number of morpholine rings is 1. The molecular formula is C29H27Cl2F6N7O4. The number of Topliss-reactive ketones (excluding diaryl/α,β-unsaturated/α-hetero) is 1. The number of carbonyl (C=O) groups excluding carboxylic acids is 1. The molecule has 48 heavy (non-hydrogen) atoms. The summed E-state index contributed by atoms with van der Waals surface area (Å²) in [4.78, 5) is 31.5. The van der Waals surface area contributed by atoms with Gasteiger partial charge in [0.15, 0.2) is 5.82 Å². The van der Waals surface area contributed by atoms with Crippen molar-refractivity contribution in [1.82, 2.24) is 24.5 Å². The smallest absolute Gasteiger partial charge is 0.475 e. The minimum absolute atomic E-state index is 0.415. The van der Waals surface area contributed by atoms with E-state index in [9.17, 15) is 31.1 Å². The van der Waals surface area contributed by atoms with Crippen molar-refractivity contribution in [1.29, 1.82) is 0 Å². The molecule has 4 N–H and O–H groups in total. The van der Waals surface area contributed by atoms with Gasteiger partial charge in [0, 0.05) is 42.5 Å². The number of anilines is 2. The molecule has 0 aliphatic carbocycles. The molecule has 0 unspecified atom stereocenters. The Kier molecular flexibility index (Phi) is 11.7. The molecule has 19 heteroatoms. The van der Waals surface area contributed by atoms with Crippen molar-refractivity contribution >= 4 is 52.1 Å². The van der Waals surface area contributed by atoms with Crippen LogP contribution in [0.1, 0.15) is 28.2 Å². The predicted octanol–water partition coefficient (Wildman–Crippen LogP) is 5.94. The highest BCUT2D eigenvalue weighted by molar-refractivity contribution is 6.36. The van der Waals surface area contributed by atoms with Gasteiger partial charge in [0.05, 0.1) is 41.4 Å². The maximum atomic E-state index is 12.8. The van der Waals surface area contributed by atoms with Gasteiger partial charge in [0.2, 0.25) is 0 Å². The number of hydrogen-bond acceptors (Lipinski definition) is 9. The normalized spacial score (nSPS) is 14.0. The zero-order valence-corrected chi connectivity index (χ0v) is 26.2. The highest BCUT2D eigenvalue weighted by Crippen LogP contribution is 2.31. The maximum Gasteiger partial charge on any atom is 0.490 e. The van der Waals surface area contributed by atoms with Crippen LogP contribution in [0.2, 0.25) is 10.0 Å². The Balaban J connectivity index is 0.000000671. The second-order valence-electron chi connectivity index (χ2n) is 10.3. The average Bonchev–Trinajstić information content (AvgIpc) is 3.41. The van der Waals surface area contributed by atoms with Crippen molar-refractivity contribution < 1.29 is 45.8 Å². The van der Waals surface area contributed by atoms with Gasteiger partial charge in [-0.25, -0.2) is 19.3 Å². The van der Waals surface area contributed by atoms with Gasteiger partial charge in [-0.15, -0.1) is 0 Å². The Hall–Kier alpha value is -4.19. The lowest BCUT2D eigenvalue weighted by Crippen LogP contribution is -2.35. The number of halogens is 8. The first-order valence-corrected chi connectivity index (χ1v) is 14.8. The Morgan fingerprint density at radius 3 is 2.27 bits per heavy atom. The number of benzene rings is 1. The van der Waals surface area contributed by atoms with Gasteiger partial charge in [-0.3, -0.25) is 9.69 Å². The fraction of sp³-hybridized carbons (Fsp3) is 0.345. The predicted molar refractivity (Wildman–Crippen MR) is 164 cm³/mol. The van der Waals surface area contributed by atoms with E-state index in [0.29, 0.717) is 72.0 Å². The van der Waals surface area contributed by atoms with E-state index in [-0.39, 0.29) is 0 Å². The largest absolute Gasteiger partial charge is 0.490 e. The molecule has 4 heterocycles. The summed E-state index contributed by atoms with van der Waals surface area (Å²) in [6.07, 6.45) is -7.30. The van der Waals surface area contributed by atoms with E-state index in [2.05, 4.69) is 15.2 Å². The highest BCUT2D eigenvalue weighted by atomic mass is 35.5. The summed E-state index contributed by atoms with van der Waals surface area (Å²) in [7, 11) is 0. The number of hydrogen-bond donors (Lipinski definition) is 3. The molecule has 11 nitrogen and oxygen atoms in total. The molecule has 0 amide bonds. The van der Waals surface area contributed by atoms with E-state index < -0.39 is 35.5 Å². The van der Waals surface area contributed by atoms with Gasteiger partial charge < -0.3 is 20.9 Å². The summed E-state index contributed by atoms with van der Waals surface area (Å²) in [5.41, 5.74) is 8.41. The topological polar surface area (TPSA) is 148 Å². The molecule has 0 radical (unpaired) electrons. The number of nitrogen functional groups attached to an aromatic ring is 1. The lowest BCUT2D eigenvalue weighted by atomic mass is 10.1. The van der Waals surface area contributed by atoms with E-state index in [1.54, 1.807) is 22.7 Å². The van der Waals surface area contributed by atoms with Crippen molar-refractivity contribution in [2.75, 3.05) is 43.9 Å². The standard InChI is InChI=1S/C27H26Cl2F3N7O2.C2HF3O2/c28-16-3-5-19(21(29)12-16)22-15-39-23(13-18(37-39)14-38-8-10-41-11-9-38)26(36-22)34-7-1-2-17-4-6-20(25(33)35-17)24(40)27(30,31)32;3-2(4,5)1(6)7/h3-6,12-13,15H,1-2,7-11,14H2,(H2,33,35)(H,34,36);(H,6,7). The van der Waals surface area contributed by atoms with E-state index >= 15 is 0 Å². The van der Waals surface area contributed by atoms with Crippen LogP contribution < -0.4 is 11.1 Å². The van der Waals surface area contributed by atoms with Gasteiger partial charge >= 0.3 is 18.3 Å². The molecule has 0 bridgehead atoms. The van der Waals surface area contributed by atoms with Gasteiger partial charge in [0.1, 0.15) is 11.3 Å². The fourth-order valence-corrected chi connectivity index (χ4v) is 5.05. The van der Waals surface area contributed by atoms with Crippen LogP contribution in [-0.2, 0) is 22.5 Å². The zero-order chi connectivity index (χ0) is 35.2. The zero-order valence-electron chi connectivity index (χ0n) is 24.7. The lowest BCUT2D eigenvalue weighted by Gasteiger charge is -2.25. The van der Waals surface area contributed by atoms with Crippen LogP contribution in [0.3, 0.4) is 0 Å². The summed E-state index contributed by atoms with van der Waals surface area (Å²) in [6.45, 7) is 4.15. The average molecular weight is 722 g/mol. The van der Waals surface area contributed by atoms with Crippen LogP contribution in [0.25, 0.3) is 16.8 Å². The Bertz CT molecular complexity index is 1780. The molecule has 258 valence electrons. The number of ketones is 1. The van der Waals surface area contributed by atoms with E-state index in [1.807, 2.05) is 12.3 Å². The van der Waals surface area contributed by atoms with Crippen LogP contribution in [0.5, 0.6) is 0 Å². The fourth-order valence-electron chi connectivity index (χ4n) is 4.54. The summed E-state index contributed by atoms with van der Waals surface area (Å²) in [5.74, 6) is -4.62. The van der Waals surface area contributed by atoms with Crippen LogP contribution >= 0.6 is 23.2 Å². The number of nitrogens with two attached hydrogens (primary N) is 1. The monoisotopic (exact) mass is 721 g/mol. The van der Waals surface area contributed by atoms with Crippen LogP contribution in [0.4, 0.5) is 38.0 Å². The number of pyridine rings is 1. The molecule has 3 aromatic heterocycles. The molecule has 1 saturated heterocycles. The molecule has 5 rings (SSSR count). The molecule has 0 saturated carbocycles. The first-order valence-electron chi connectivity index (χ1n) is 14.1. The quantitative estimate of drug-likeness (QED) is 0.108. The Morgan fingerprint density at radius 1 is 0.979 bits per heavy atom. The number of aliphatic carboxylic acids is 1. The number of rotatable bonds is 9. The minimum atomic E-state index is -5.08. The number of carboxylic acids is 1. The number of nitrogens with zero attached hydrogens (tertiary/aromatic N) is 5. The number of fused-ring (bicyclic) bond motifs is 1. The summed E-state index contributed by atoms with van der Waals surface area (Å²) < 4.78 is 77.2. The molecule has 0 atom stereocenters. The molecule has 4 aromatic rings. The Labute approximate surface area is 278 Å². The molecule has 1 aliphatic rings. The third-order valence-corrected chi connectivity index (χ3v) is 7.38. The van der Waals surface area contributed by atoms with Crippen molar-refractivity contribution in [3.63, 3.8) is 0 Å². The van der Waals surface area contributed by atoms with Gasteiger partial charge in [-0.1, -0.05) is 23.2 Å². The van der Waals surface area contributed by atoms with Gasteiger partial charge in [-0.2, -0.15) is 31.4 Å². The van der Waals surface area contributed by atoms with E-state index in [1.165, 1.54) is 6.07 Å². The van der Waals surface area contributed by atoms with Crippen LogP contribution in [0, 0.1) is 0 Å². The Morgan fingerprint density at radius 2 is 1.67 bits per heavy atom. The number of aryl methyl sites for hydroxylation is 1. The van der Waals surface area contributed by atoms with Crippen molar-refractivity contribution in [2.45, 2.75) is 31.7 Å². The highest BCUT2D eigenvalue weighted by Gasteiger charge is 2.40. The number of aromatic nitrogens is 4. The number of alkyl halides is 6. The van der Waals surface area contributed by atoms with Gasteiger partial charge in [0.25, 0.3) is 5.78 Å². The number of carbonyl (C=O) groups is 2. The molecule has 0 spiro atoms. The first-order chi connectivity index (χ1) is 22.5. The lowest BCUT2D eigenvalue weighted by molar-refractivity contribution is -0.192. The molecular weight excluding hydrogens is 695 g/mol. The van der Waals surface area contributed by atoms with Crippen molar-refractivity contribution in [3.05, 3.63) is 69.6 Å². The number of carboxylic acid groups (broad SMARTS) is 1. The number of nitrogens with one attached hydrogen (secondary N) is 1. The second-order valence-corrected chi connectivity index (χ2v) is 11.2. The van der Waals surface area contributed by atoms with Crippen LogP contribution in [-0.4, -0.2) is 86.5 Å². The molecule has 1 aliphatic heterocycles. The molecule has 1 aromatic carbocycles. The van der Waals surface area contributed by atoms with Gasteiger partial charge in [-0.05, 0) is 49.2 Å². The SMILES string of the molecule is Nc1nc(CCCNc2nc(-c3ccc(Cl)cc3Cl)cn3nc(CN4CCOCC4)cc23)ccc1C(=O)C(F)(F)F.O=C(O)C(F)(F)F. The minimum Gasteiger partial charge on any atom is -0.475 e. The third kappa shape index (κ3) is 9.68. The summed E-state index contributed by atoms with van der Waals surface area (Å²) in [6, 6.07) is 9.61. The second kappa shape index (κ2) is 15.4. The van der Waals surface area contributed by atoms with Crippen molar-refractivity contribution in [2.24, 2.45) is 0 Å². The number of ether oxygens (including phenoxy) is 1. The summed E-state index contributed by atoms with van der Waals surface area (Å²) in [5, 5.41) is 16.2. The maximum absolute atomic E-state index is 12.8. The van der Waals surface area contributed by atoms with Crippen LogP contribution in [0.15, 0.2) is 42.6 Å².